The third-order valence-corrected chi connectivity index (χ3v) is 6.07. The van der Waals surface area contributed by atoms with E-state index in [9.17, 15) is 13.2 Å². The molecule has 22 heavy (non-hydrogen) atoms. The van der Waals surface area contributed by atoms with Crippen molar-refractivity contribution in [1.29, 1.82) is 0 Å². The van der Waals surface area contributed by atoms with Gasteiger partial charge in [0.2, 0.25) is 5.91 Å². The maximum absolute atomic E-state index is 12.4. The van der Waals surface area contributed by atoms with Crippen LogP contribution in [0.25, 0.3) is 0 Å². The number of carbonyl (C=O) groups is 1. The Kier molecular flexibility index (Phi) is 5.11. The summed E-state index contributed by atoms with van der Waals surface area (Å²) >= 11 is 0. The molecule has 0 bridgehead atoms. The molecule has 0 spiro atoms. The van der Waals surface area contributed by atoms with Gasteiger partial charge in [0.05, 0.1) is 18.6 Å². The minimum Gasteiger partial charge on any atom is -0.497 e. The summed E-state index contributed by atoms with van der Waals surface area (Å²) in [5.74, 6) is 1.13. The summed E-state index contributed by atoms with van der Waals surface area (Å²) < 4.78 is 28.2. The second-order valence-electron chi connectivity index (χ2n) is 5.94. The van der Waals surface area contributed by atoms with Gasteiger partial charge in [0, 0.05) is 19.5 Å². The maximum Gasteiger partial charge on any atom is 0.223 e. The molecule has 1 amide bonds. The van der Waals surface area contributed by atoms with Gasteiger partial charge in [0.1, 0.15) is 5.75 Å². The van der Waals surface area contributed by atoms with Crippen LogP contribution in [0.2, 0.25) is 0 Å². The average molecular weight is 325 g/mol. The van der Waals surface area contributed by atoms with E-state index in [0.29, 0.717) is 12.8 Å². The molecule has 2 atom stereocenters. The fourth-order valence-electron chi connectivity index (χ4n) is 2.74. The van der Waals surface area contributed by atoms with Gasteiger partial charge in [0.25, 0.3) is 0 Å². The van der Waals surface area contributed by atoms with Crippen molar-refractivity contribution < 1.29 is 17.9 Å². The number of carbonyl (C=O) groups excluding carboxylic acids is 1. The van der Waals surface area contributed by atoms with E-state index < -0.39 is 9.84 Å². The third kappa shape index (κ3) is 4.00. The van der Waals surface area contributed by atoms with Crippen LogP contribution < -0.4 is 4.74 Å². The van der Waals surface area contributed by atoms with Gasteiger partial charge in [-0.25, -0.2) is 8.42 Å². The number of benzene rings is 1. The molecule has 122 valence electrons. The van der Waals surface area contributed by atoms with E-state index in [0.717, 1.165) is 11.3 Å². The molecule has 2 unspecified atom stereocenters. The number of amides is 1. The second kappa shape index (κ2) is 6.69. The van der Waals surface area contributed by atoms with Gasteiger partial charge >= 0.3 is 0 Å². The monoisotopic (exact) mass is 325 g/mol. The summed E-state index contributed by atoms with van der Waals surface area (Å²) in [4.78, 5) is 14.0. The number of ether oxygens (including phenoxy) is 1. The summed E-state index contributed by atoms with van der Waals surface area (Å²) in [5.41, 5.74) is 1.07. The Morgan fingerprint density at radius 1 is 1.36 bits per heavy atom. The summed E-state index contributed by atoms with van der Waals surface area (Å²) in [6.07, 6.45) is 0.918. The largest absolute Gasteiger partial charge is 0.497 e. The van der Waals surface area contributed by atoms with E-state index in [-0.39, 0.29) is 29.4 Å². The fourth-order valence-corrected chi connectivity index (χ4v) is 4.52. The lowest BCUT2D eigenvalue weighted by Gasteiger charge is -2.25. The molecule has 0 saturated carbocycles. The van der Waals surface area contributed by atoms with Crippen LogP contribution in [0.3, 0.4) is 0 Å². The molecular weight excluding hydrogens is 302 g/mol. The van der Waals surface area contributed by atoms with Gasteiger partial charge < -0.3 is 9.64 Å². The van der Waals surface area contributed by atoms with Crippen molar-refractivity contribution in [3.8, 4) is 5.75 Å². The van der Waals surface area contributed by atoms with E-state index in [1.165, 1.54) is 0 Å². The number of nitrogens with zero attached hydrogens (tertiary/aromatic N) is 1. The Hall–Kier alpha value is -1.56. The Morgan fingerprint density at radius 3 is 2.50 bits per heavy atom. The van der Waals surface area contributed by atoms with E-state index in [4.69, 9.17) is 4.74 Å². The number of sulfone groups is 1. The Bertz CT molecular complexity index is 624. The Labute approximate surface area is 132 Å². The molecule has 1 aliphatic rings. The minimum atomic E-state index is -2.97. The minimum absolute atomic E-state index is 0.00887. The molecular formula is C16H23NO4S. The highest BCUT2D eigenvalue weighted by molar-refractivity contribution is 7.91. The van der Waals surface area contributed by atoms with Gasteiger partial charge in [-0.3, -0.25) is 4.79 Å². The average Bonchev–Trinajstić information content (AvgIpc) is 2.86. The predicted octanol–water partition coefficient (Wildman–Crippen LogP) is 1.83. The summed E-state index contributed by atoms with van der Waals surface area (Å²) in [7, 11) is 0.350. The smallest absolute Gasteiger partial charge is 0.223 e. The first-order valence-corrected chi connectivity index (χ1v) is 9.24. The zero-order valence-electron chi connectivity index (χ0n) is 13.3. The van der Waals surface area contributed by atoms with Gasteiger partial charge in [-0.1, -0.05) is 19.1 Å². The van der Waals surface area contributed by atoms with Crippen molar-refractivity contribution in [2.45, 2.75) is 31.7 Å². The Morgan fingerprint density at radius 2 is 2.00 bits per heavy atom. The highest BCUT2D eigenvalue weighted by atomic mass is 32.2. The van der Waals surface area contributed by atoms with Gasteiger partial charge in [-0.15, -0.1) is 0 Å². The quantitative estimate of drug-likeness (QED) is 0.828. The van der Waals surface area contributed by atoms with Crippen LogP contribution in [-0.4, -0.2) is 50.9 Å². The lowest BCUT2D eigenvalue weighted by atomic mass is 9.97. The SMILES string of the molecule is COc1ccc(C(C)CC(=O)N(C)C2CCS(=O)(=O)C2)cc1. The van der Waals surface area contributed by atoms with Crippen LogP contribution in [0.1, 0.15) is 31.2 Å². The molecule has 2 rings (SSSR count). The van der Waals surface area contributed by atoms with Crippen LogP contribution >= 0.6 is 0 Å². The Balaban J connectivity index is 1.95. The molecule has 6 heteroatoms. The van der Waals surface area contributed by atoms with Crippen molar-refractivity contribution in [1.82, 2.24) is 4.90 Å². The molecule has 0 N–H and O–H groups in total. The number of hydrogen-bond acceptors (Lipinski definition) is 4. The molecule has 5 nitrogen and oxygen atoms in total. The van der Waals surface area contributed by atoms with E-state index >= 15 is 0 Å². The first kappa shape index (κ1) is 16.8. The molecule has 1 fully saturated rings. The van der Waals surface area contributed by atoms with Crippen molar-refractivity contribution >= 4 is 15.7 Å². The zero-order valence-corrected chi connectivity index (χ0v) is 14.1. The van der Waals surface area contributed by atoms with Crippen LogP contribution in [0.5, 0.6) is 5.75 Å². The summed E-state index contributed by atoms with van der Waals surface area (Å²) in [6, 6.07) is 7.49. The highest BCUT2D eigenvalue weighted by Crippen LogP contribution is 2.24. The maximum atomic E-state index is 12.4. The topological polar surface area (TPSA) is 63.7 Å². The van der Waals surface area contributed by atoms with Crippen molar-refractivity contribution in [2.24, 2.45) is 0 Å². The number of hydrogen-bond donors (Lipinski definition) is 0. The van der Waals surface area contributed by atoms with Crippen LogP contribution in [0.4, 0.5) is 0 Å². The van der Waals surface area contributed by atoms with Crippen molar-refractivity contribution in [3.63, 3.8) is 0 Å². The lowest BCUT2D eigenvalue weighted by Crippen LogP contribution is -2.38. The van der Waals surface area contributed by atoms with Crippen molar-refractivity contribution in [2.75, 3.05) is 25.7 Å². The molecule has 1 heterocycles. The molecule has 1 saturated heterocycles. The van der Waals surface area contributed by atoms with Gasteiger partial charge in [-0.05, 0) is 30.0 Å². The number of methoxy groups -OCH3 is 1. The fraction of sp³-hybridized carbons (Fsp3) is 0.562. The van der Waals surface area contributed by atoms with Crippen molar-refractivity contribution in [3.05, 3.63) is 29.8 Å². The zero-order chi connectivity index (χ0) is 16.3. The van der Waals surface area contributed by atoms with Gasteiger partial charge in [-0.2, -0.15) is 0 Å². The third-order valence-electron chi connectivity index (χ3n) is 4.32. The first-order valence-electron chi connectivity index (χ1n) is 7.42. The van der Waals surface area contributed by atoms with E-state index in [1.807, 2.05) is 31.2 Å². The molecule has 0 radical (unpaired) electrons. The van der Waals surface area contributed by atoms with Crippen LogP contribution in [0, 0.1) is 0 Å². The molecule has 0 aromatic heterocycles. The molecule has 1 aliphatic heterocycles. The van der Waals surface area contributed by atoms with Crippen LogP contribution in [0.15, 0.2) is 24.3 Å². The van der Waals surface area contributed by atoms with Gasteiger partial charge in [0.15, 0.2) is 9.84 Å². The molecule has 0 aliphatic carbocycles. The van der Waals surface area contributed by atoms with E-state index in [2.05, 4.69) is 0 Å². The normalized spacial score (nSPS) is 21.3. The highest BCUT2D eigenvalue weighted by Gasteiger charge is 2.32. The first-order chi connectivity index (χ1) is 10.3. The standard InChI is InChI=1S/C16H23NO4S/c1-12(13-4-6-15(21-3)7-5-13)10-16(18)17(2)14-8-9-22(19,20)11-14/h4-7,12,14H,8-11H2,1-3H3. The molecule has 1 aromatic carbocycles. The van der Waals surface area contributed by atoms with Crippen LogP contribution in [-0.2, 0) is 14.6 Å². The summed E-state index contributed by atoms with van der Waals surface area (Å²) in [6.45, 7) is 2.00. The predicted molar refractivity (Wildman–Crippen MR) is 85.9 cm³/mol. The summed E-state index contributed by atoms with van der Waals surface area (Å²) in [5, 5.41) is 0. The second-order valence-corrected chi connectivity index (χ2v) is 8.17. The van der Waals surface area contributed by atoms with E-state index in [1.54, 1.807) is 19.1 Å². The molecule has 1 aromatic rings. The number of rotatable bonds is 5. The lowest BCUT2D eigenvalue weighted by molar-refractivity contribution is -0.131.